The maximum Gasteiger partial charge on any atom is 0.186 e. The van der Waals surface area contributed by atoms with Crippen molar-refractivity contribution < 1.29 is 4.79 Å². The minimum Gasteiger partial charge on any atom is -0.326 e. The van der Waals surface area contributed by atoms with Crippen LogP contribution in [-0.4, -0.2) is 15.3 Å². The van der Waals surface area contributed by atoms with Crippen LogP contribution in [0, 0.1) is 6.92 Å². The number of imidazole rings is 1. The molecule has 0 saturated carbocycles. The Balaban J connectivity index is 2.01. The molecular weight excluding hydrogens is 200 g/mol. The van der Waals surface area contributed by atoms with Crippen LogP contribution in [0.1, 0.15) is 27.7 Å². The number of benzene rings is 1. The van der Waals surface area contributed by atoms with E-state index >= 15 is 0 Å². The van der Waals surface area contributed by atoms with E-state index in [0.717, 1.165) is 23.2 Å². The van der Waals surface area contributed by atoms with E-state index in [1.165, 1.54) is 0 Å². The second-order valence-electron chi connectivity index (χ2n) is 4.20. The van der Waals surface area contributed by atoms with Gasteiger partial charge in [-0.25, -0.2) is 4.98 Å². The van der Waals surface area contributed by atoms with Crippen LogP contribution < -0.4 is 0 Å². The molecule has 3 nitrogen and oxygen atoms in total. The standard InChI is InChI=1S/C13H12N2O/c1-9-7-15(8-14-9)12-6-10-4-2-3-5-11(10)13(12)16/h2-5,7-8,12H,6H2,1H3. The van der Waals surface area contributed by atoms with Gasteiger partial charge in [-0.2, -0.15) is 0 Å². The fourth-order valence-corrected chi connectivity index (χ4v) is 2.27. The number of aromatic nitrogens is 2. The summed E-state index contributed by atoms with van der Waals surface area (Å²) in [6.45, 7) is 1.93. The summed E-state index contributed by atoms with van der Waals surface area (Å²) >= 11 is 0. The van der Waals surface area contributed by atoms with Crippen molar-refractivity contribution >= 4 is 5.78 Å². The van der Waals surface area contributed by atoms with E-state index in [2.05, 4.69) is 4.98 Å². The Labute approximate surface area is 93.7 Å². The molecule has 1 aliphatic carbocycles. The number of carbonyl (C=O) groups excluding carboxylic acids is 1. The number of fused-ring (bicyclic) bond motifs is 1. The first-order valence-corrected chi connectivity index (χ1v) is 5.38. The summed E-state index contributed by atoms with van der Waals surface area (Å²) in [7, 11) is 0. The van der Waals surface area contributed by atoms with Gasteiger partial charge in [0.2, 0.25) is 0 Å². The Morgan fingerprint density at radius 3 is 2.88 bits per heavy atom. The monoisotopic (exact) mass is 212 g/mol. The fourth-order valence-electron chi connectivity index (χ4n) is 2.27. The first-order chi connectivity index (χ1) is 7.75. The van der Waals surface area contributed by atoms with Gasteiger partial charge in [-0.1, -0.05) is 24.3 Å². The van der Waals surface area contributed by atoms with Crippen LogP contribution in [0.5, 0.6) is 0 Å². The lowest BCUT2D eigenvalue weighted by Gasteiger charge is -2.08. The van der Waals surface area contributed by atoms with Crippen LogP contribution >= 0.6 is 0 Å². The molecule has 16 heavy (non-hydrogen) atoms. The number of hydrogen-bond acceptors (Lipinski definition) is 2. The molecule has 0 aliphatic heterocycles. The van der Waals surface area contributed by atoms with Crippen molar-refractivity contribution in [3.8, 4) is 0 Å². The van der Waals surface area contributed by atoms with Gasteiger partial charge in [0.1, 0.15) is 6.04 Å². The van der Waals surface area contributed by atoms with Gasteiger partial charge >= 0.3 is 0 Å². The zero-order chi connectivity index (χ0) is 11.1. The second kappa shape index (κ2) is 3.30. The van der Waals surface area contributed by atoms with Crippen molar-refractivity contribution in [2.24, 2.45) is 0 Å². The lowest BCUT2D eigenvalue weighted by atomic mass is 10.1. The Bertz CT molecular complexity index is 557. The summed E-state index contributed by atoms with van der Waals surface area (Å²) in [5.41, 5.74) is 2.95. The van der Waals surface area contributed by atoms with Crippen molar-refractivity contribution in [1.29, 1.82) is 0 Å². The third-order valence-electron chi connectivity index (χ3n) is 3.09. The minimum absolute atomic E-state index is 0.0985. The average molecular weight is 212 g/mol. The van der Waals surface area contributed by atoms with Crippen LogP contribution in [0.2, 0.25) is 0 Å². The summed E-state index contributed by atoms with van der Waals surface area (Å²) < 4.78 is 1.91. The van der Waals surface area contributed by atoms with Gasteiger partial charge < -0.3 is 4.57 Å². The third-order valence-corrected chi connectivity index (χ3v) is 3.09. The Kier molecular flexibility index (Phi) is 1.93. The zero-order valence-corrected chi connectivity index (χ0v) is 9.05. The molecule has 1 aliphatic rings. The molecule has 0 radical (unpaired) electrons. The van der Waals surface area contributed by atoms with Gasteiger partial charge in [0.05, 0.1) is 12.0 Å². The number of ketones is 1. The van der Waals surface area contributed by atoms with Crippen LogP contribution in [0.3, 0.4) is 0 Å². The van der Waals surface area contributed by atoms with E-state index in [9.17, 15) is 4.79 Å². The predicted molar refractivity (Wildman–Crippen MR) is 60.5 cm³/mol. The zero-order valence-electron chi connectivity index (χ0n) is 9.05. The largest absolute Gasteiger partial charge is 0.326 e. The molecule has 0 amide bonds. The van der Waals surface area contributed by atoms with Gasteiger partial charge in [-0.15, -0.1) is 0 Å². The molecule has 1 heterocycles. The quantitative estimate of drug-likeness (QED) is 0.726. The second-order valence-corrected chi connectivity index (χ2v) is 4.20. The molecule has 2 aromatic rings. The van der Waals surface area contributed by atoms with Gasteiger partial charge in [-0.3, -0.25) is 4.79 Å². The molecule has 1 aromatic heterocycles. The highest BCUT2D eigenvalue weighted by Crippen LogP contribution is 2.29. The van der Waals surface area contributed by atoms with Gasteiger partial charge in [0.15, 0.2) is 5.78 Å². The Morgan fingerprint density at radius 2 is 2.19 bits per heavy atom. The maximum absolute atomic E-state index is 12.2. The van der Waals surface area contributed by atoms with E-state index in [-0.39, 0.29) is 11.8 Å². The van der Waals surface area contributed by atoms with E-state index in [1.807, 2.05) is 42.0 Å². The minimum atomic E-state index is -0.0985. The normalized spacial score (nSPS) is 18.8. The van der Waals surface area contributed by atoms with Crippen LogP contribution in [0.15, 0.2) is 36.8 Å². The average Bonchev–Trinajstić information content (AvgIpc) is 2.84. The van der Waals surface area contributed by atoms with Crippen LogP contribution in [0.4, 0.5) is 0 Å². The van der Waals surface area contributed by atoms with Gasteiger partial charge in [0.25, 0.3) is 0 Å². The summed E-state index contributed by atoms with van der Waals surface area (Å²) in [6, 6.07) is 7.73. The van der Waals surface area contributed by atoms with Crippen LogP contribution in [-0.2, 0) is 6.42 Å². The van der Waals surface area contributed by atoms with Crippen molar-refractivity contribution in [1.82, 2.24) is 9.55 Å². The lowest BCUT2D eigenvalue weighted by molar-refractivity contribution is 0.0942. The number of carbonyl (C=O) groups is 1. The first-order valence-electron chi connectivity index (χ1n) is 5.38. The molecule has 0 N–H and O–H groups in total. The fraction of sp³-hybridized carbons (Fsp3) is 0.231. The lowest BCUT2D eigenvalue weighted by Crippen LogP contribution is -2.13. The molecule has 0 bridgehead atoms. The number of aryl methyl sites for hydroxylation is 1. The molecule has 1 aromatic carbocycles. The van der Waals surface area contributed by atoms with Crippen molar-refractivity contribution in [2.45, 2.75) is 19.4 Å². The number of Topliss-reactive ketones (excluding diaryl/α,β-unsaturated/α-hetero) is 1. The molecule has 1 atom stereocenters. The first kappa shape index (κ1) is 9.33. The molecule has 80 valence electrons. The summed E-state index contributed by atoms with van der Waals surface area (Å²) in [4.78, 5) is 16.3. The maximum atomic E-state index is 12.2. The molecule has 3 rings (SSSR count). The Hall–Kier alpha value is -1.90. The molecule has 0 fully saturated rings. The topological polar surface area (TPSA) is 34.9 Å². The van der Waals surface area contributed by atoms with Crippen molar-refractivity contribution in [3.63, 3.8) is 0 Å². The van der Waals surface area contributed by atoms with Gasteiger partial charge in [-0.05, 0) is 12.5 Å². The summed E-state index contributed by atoms with van der Waals surface area (Å²) in [5, 5.41) is 0. The Morgan fingerprint density at radius 1 is 1.38 bits per heavy atom. The SMILES string of the molecule is Cc1cn(C2Cc3ccccc3C2=O)cn1. The molecule has 3 heteroatoms. The third kappa shape index (κ3) is 1.28. The number of nitrogens with zero attached hydrogens (tertiary/aromatic N) is 2. The highest BCUT2D eigenvalue weighted by atomic mass is 16.1. The predicted octanol–water partition coefficient (Wildman–Crippen LogP) is 2.17. The van der Waals surface area contributed by atoms with Crippen molar-refractivity contribution in [3.05, 3.63) is 53.6 Å². The number of hydrogen-bond donors (Lipinski definition) is 0. The van der Waals surface area contributed by atoms with E-state index in [0.29, 0.717) is 0 Å². The summed E-state index contributed by atoms with van der Waals surface area (Å²) in [5.74, 6) is 0.202. The molecule has 0 spiro atoms. The highest BCUT2D eigenvalue weighted by molar-refractivity contribution is 6.03. The molecular formula is C13H12N2O. The molecule has 1 unspecified atom stereocenters. The van der Waals surface area contributed by atoms with Crippen molar-refractivity contribution in [2.75, 3.05) is 0 Å². The van der Waals surface area contributed by atoms with Gasteiger partial charge in [0, 0.05) is 18.2 Å². The smallest absolute Gasteiger partial charge is 0.186 e. The van der Waals surface area contributed by atoms with E-state index in [1.54, 1.807) is 6.33 Å². The van der Waals surface area contributed by atoms with E-state index < -0.39 is 0 Å². The molecule has 0 saturated heterocycles. The van der Waals surface area contributed by atoms with E-state index in [4.69, 9.17) is 0 Å². The van der Waals surface area contributed by atoms with Crippen LogP contribution in [0.25, 0.3) is 0 Å². The highest BCUT2D eigenvalue weighted by Gasteiger charge is 2.31. The number of rotatable bonds is 1. The summed E-state index contributed by atoms with van der Waals surface area (Å²) in [6.07, 6.45) is 4.45.